The number of fused-ring (bicyclic) bond motifs is 1. The van der Waals surface area contributed by atoms with E-state index < -0.39 is 0 Å². The number of anilines is 1. The van der Waals surface area contributed by atoms with Crippen LogP contribution in [-0.4, -0.2) is 53.2 Å². The average Bonchev–Trinajstić information content (AvgIpc) is 3.23. The maximum absolute atomic E-state index is 14.6. The van der Waals surface area contributed by atoms with E-state index >= 15 is 0 Å². The van der Waals surface area contributed by atoms with Crippen LogP contribution in [0.4, 0.5) is 10.2 Å². The van der Waals surface area contributed by atoms with E-state index in [1.165, 1.54) is 13.2 Å². The van der Waals surface area contributed by atoms with E-state index in [2.05, 4.69) is 15.0 Å². The van der Waals surface area contributed by atoms with Gasteiger partial charge in [0.2, 0.25) is 0 Å². The smallest absolute Gasteiger partial charge is 0.156 e. The summed E-state index contributed by atoms with van der Waals surface area (Å²) in [7, 11) is 1.52. The van der Waals surface area contributed by atoms with Gasteiger partial charge in [0.15, 0.2) is 5.82 Å². The van der Waals surface area contributed by atoms with Crippen LogP contribution in [0, 0.1) is 5.82 Å². The molecule has 4 aromatic rings. The summed E-state index contributed by atoms with van der Waals surface area (Å²) in [5.74, 6) is 1.61. The molecule has 8 heteroatoms. The topological polar surface area (TPSA) is 65.3 Å². The monoisotopic (exact) mass is 405 g/mol. The number of rotatable bonds is 4. The van der Waals surface area contributed by atoms with Gasteiger partial charge in [0.1, 0.15) is 17.4 Å². The van der Waals surface area contributed by atoms with E-state index in [1.54, 1.807) is 29.2 Å². The first kappa shape index (κ1) is 18.5. The zero-order valence-electron chi connectivity index (χ0n) is 16.5. The summed E-state index contributed by atoms with van der Waals surface area (Å²) < 4.78 is 27.1. The summed E-state index contributed by atoms with van der Waals surface area (Å²) in [5, 5.41) is 5.34. The lowest BCUT2D eigenvalue weighted by atomic mass is 10.1. The van der Waals surface area contributed by atoms with Crippen molar-refractivity contribution in [3.05, 3.63) is 60.7 Å². The van der Waals surface area contributed by atoms with Crippen molar-refractivity contribution in [2.24, 2.45) is 0 Å². The molecule has 3 aromatic heterocycles. The Kier molecular flexibility index (Phi) is 4.76. The number of hydrogen-bond acceptors (Lipinski definition) is 6. The van der Waals surface area contributed by atoms with E-state index in [-0.39, 0.29) is 5.82 Å². The van der Waals surface area contributed by atoms with Crippen LogP contribution >= 0.6 is 0 Å². The van der Waals surface area contributed by atoms with Gasteiger partial charge in [-0.3, -0.25) is 4.98 Å². The quantitative estimate of drug-likeness (QED) is 0.518. The van der Waals surface area contributed by atoms with Crippen molar-refractivity contribution in [3.8, 4) is 22.8 Å². The number of ether oxygens (including phenoxy) is 2. The van der Waals surface area contributed by atoms with Crippen LogP contribution in [0.25, 0.3) is 28.0 Å². The number of benzene rings is 1. The molecule has 0 spiro atoms. The third-order valence-corrected chi connectivity index (χ3v) is 5.18. The van der Waals surface area contributed by atoms with Gasteiger partial charge in [-0.1, -0.05) is 12.1 Å². The van der Waals surface area contributed by atoms with Gasteiger partial charge in [0.25, 0.3) is 0 Å². The second kappa shape index (κ2) is 7.72. The summed E-state index contributed by atoms with van der Waals surface area (Å²) in [6.07, 6.45) is 3.42. The van der Waals surface area contributed by atoms with Crippen molar-refractivity contribution in [2.45, 2.75) is 0 Å². The minimum atomic E-state index is -0.389. The van der Waals surface area contributed by atoms with Gasteiger partial charge in [-0.2, -0.15) is 5.10 Å². The third-order valence-electron chi connectivity index (χ3n) is 5.18. The first-order valence-electron chi connectivity index (χ1n) is 9.71. The summed E-state index contributed by atoms with van der Waals surface area (Å²) in [6.45, 7) is 2.99. The fourth-order valence-electron chi connectivity index (χ4n) is 3.66. The van der Waals surface area contributed by atoms with Crippen LogP contribution in [0.15, 0.2) is 54.9 Å². The molecule has 1 aliphatic heterocycles. The Morgan fingerprint density at radius 2 is 1.83 bits per heavy atom. The highest BCUT2D eigenvalue weighted by atomic mass is 19.1. The molecule has 0 bridgehead atoms. The van der Waals surface area contributed by atoms with Gasteiger partial charge in [-0.25, -0.2) is 14.1 Å². The summed E-state index contributed by atoms with van der Waals surface area (Å²) in [6, 6.07) is 12.4. The van der Waals surface area contributed by atoms with E-state index in [0.717, 1.165) is 29.8 Å². The molecule has 4 heterocycles. The second-order valence-electron chi connectivity index (χ2n) is 6.96. The Morgan fingerprint density at radius 3 is 2.67 bits per heavy atom. The van der Waals surface area contributed by atoms with Gasteiger partial charge in [0.05, 0.1) is 43.3 Å². The Hall–Kier alpha value is -3.52. The van der Waals surface area contributed by atoms with Crippen molar-refractivity contribution >= 4 is 16.7 Å². The number of halogens is 1. The van der Waals surface area contributed by atoms with Crippen molar-refractivity contribution < 1.29 is 13.9 Å². The standard InChI is InChI=1S/C22H20FN5O2/c1-29-19-5-2-4-16(23)22(19)17-12-18-15(13-24-17)14-25-28(18)21-7-3-6-20(26-21)27-8-10-30-11-9-27/h2-7,12-14H,8-11H2,1H3. The van der Waals surface area contributed by atoms with Crippen LogP contribution < -0.4 is 9.64 Å². The fraction of sp³-hybridized carbons (Fsp3) is 0.227. The minimum absolute atomic E-state index is 0.324. The molecule has 5 rings (SSSR count). The minimum Gasteiger partial charge on any atom is -0.496 e. The zero-order chi connectivity index (χ0) is 20.5. The molecule has 0 saturated carbocycles. The Morgan fingerprint density at radius 1 is 1.03 bits per heavy atom. The number of morpholine rings is 1. The average molecular weight is 405 g/mol. The molecule has 30 heavy (non-hydrogen) atoms. The molecule has 0 aliphatic carbocycles. The lowest BCUT2D eigenvalue weighted by Crippen LogP contribution is -2.36. The first-order chi connectivity index (χ1) is 14.7. The molecule has 0 amide bonds. The number of hydrogen-bond donors (Lipinski definition) is 0. The first-order valence-corrected chi connectivity index (χ1v) is 9.71. The van der Waals surface area contributed by atoms with Crippen molar-refractivity contribution in [2.75, 3.05) is 38.3 Å². The normalized spacial score (nSPS) is 14.3. The maximum Gasteiger partial charge on any atom is 0.156 e. The van der Waals surface area contributed by atoms with E-state index in [0.29, 0.717) is 36.0 Å². The summed E-state index contributed by atoms with van der Waals surface area (Å²) in [5.41, 5.74) is 1.59. The molecule has 0 radical (unpaired) electrons. The predicted octanol–water partition coefficient (Wildman–Crippen LogP) is 3.47. The van der Waals surface area contributed by atoms with Gasteiger partial charge < -0.3 is 14.4 Å². The van der Waals surface area contributed by atoms with Gasteiger partial charge in [-0.15, -0.1) is 0 Å². The number of methoxy groups -OCH3 is 1. The SMILES string of the molecule is COc1cccc(F)c1-c1cc2c(cn1)cnn2-c1cccc(N2CCOCC2)n1. The number of aromatic nitrogens is 4. The van der Waals surface area contributed by atoms with Crippen LogP contribution in [0.2, 0.25) is 0 Å². The van der Waals surface area contributed by atoms with E-state index in [4.69, 9.17) is 14.5 Å². The largest absolute Gasteiger partial charge is 0.496 e. The Balaban J connectivity index is 1.60. The molecular formula is C22H20FN5O2. The fourth-order valence-corrected chi connectivity index (χ4v) is 3.66. The second-order valence-corrected chi connectivity index (χ2v) is 6.96. The molecule has 0 unspecified atom stereocenters. The Labute approximate surface area is 172 Å². The molecule has 7 nitrogen and oxygen atoms in total. The summed E-state index contributed by atoms with van der Waals surface area (Å²) >= 11 is 0. The molecule has 0 N–H and O–H groups in total. The molecule has 152 valence electrons. The van der Waals surface area contributed by atoms with Gasteiger partial charge in [0, 0.05) is 24.7 Å². The van der Waals surface area contributed by atoms with Crippen LogP contribution in [-0.2, 0) is 4.74 Å². The van der Waals surface area contributed by atoms with E-state index in [9.17, 15) is 4.39 Å². The molecule has 1 fully saturated rings. The number of nitrogens with zero attached hydrogens (tertiary/aromatic N) is 5. The molecular weight excluding hydrogens is 385 g/mol. The highest BCUT2D eigenvalue weighted by molar-refractivity contribution is 5.84. The lowest BCUT2D eigenvalue weighted by Gasteiger charge is -2.28. The molecule has 1 saturated heterocycles. The van der Waals surface area contributed by atoms with E-state index in [1.807, 2.05) is 24.3 Å². The maximum atomic E-state index is 14.6. The van der Waals surface area contributed by atoms with Crippen LogP contribution in [0.1, 0.15) is 0 Å². The van der Waals surface area contributed by atoms with Crippen molar-refractivity contribution in [1.82, 2.24) is 19.7 Å². The van der Waals surface area contributed by atoms with Gasteiger partial charge >= 0.3 is 0 Å². The van der Waals surface area contributed by atoms with Crippen LogP contribution in [0.5, 0.6) is 5.75 Å². The molecule has 1 aromatic carbocycles. The lowest BCUT2D eigenvalue weighted by molar-refractivity contribution is 0.122. The number of pyridine rings is 2. The molecule has 1 aliphatic rings. The van der Waals surface area contributed by atoms with Crippen molar-refractivity contribution in [3.63, 3.8) is 0 Å². The highest BCUT2D eigenvalue weighted by Gasteiger charge is 2.17. The highest BCUT2D eigenvalue weighted by Crippen LogP contribution is 2.33. The summed E-state index contributed by atoms with van der Waals surface area (Å²) in [4.78, 5) is 11.4. The van der Waals surface area contributed by atoms with Crippen LogP contribution in [0.3, 0.4) is 0 Å². The molecule has 0 atom stereocenters. The predicted molar refractivity (Wildman–Crippen MR) is 112 cm³/mol. The Bertz CT molecular complexity index is 1200. The zero-order valence-corrected chi connectivity index (χ0v) is 16.5. The van der Waals surface area contributed by atoms with Gasteiger partial charge in [-0.05, 0) is 30.3 Å². The van der Waals surface area contributed by atoms with Crippen molar-refractivity contribution in [1.29, 1.82) is 0 Å². The third kappa shape index (κ3) is 3.25.